The lowest BCUT2D eigenvalue weighted by Gasteiger charge is -2.20. The van der Waals surface area contributed by atoms with Crippen LogP contribution in [0.4, 0.5) is 11.4 Å². The number of amides is 1. The van der Waals surface area contributed by atoms with Crippen LogP contribution >= 0.6 is 27.5 Å². The van der Waals surface area contributed by atoms with Gasteiger partial charge in [0.2, 0.25) is 6.41 Å². The minimum atomic E-state index is 0.564. The lowest BCUT2D eigenvalue weighted by Crippen LogP contribution is -2.27. The summed E-state index contributed by atoms with van der Waals surface area (Å²) >= 11 is 9.49. The van der Waals surface area contributed by atoms with Gasteiger partial charge in [-0.05, 0) is 46.3 Å². The molecule has 0 bridgehead atoms. The van der Waals surface area contributed by atoms with Crippen LogP contribution in [0.25, 0.3) is 11.3 Å². The Labute approximate surface area is 152 Å². The minimum absolute atomic E-state index is 0.564. The highest BCUT2D eigenvalue weighted by molar-refractivity contribution is 9.10. The van der Waals surface area contributed by atoms with Crippen molar-refractivity contribution in [3.63, 3.8) is 0 Å². The van der Waals surface area contributed by atoms with Crippen LogP contribution in [0, 0.1) is 0 Å². The molecule has 0 aliphatic carbocycles. The number of carbonyl (C=O) groups excluding carboxylic acids is 1. The molecule has 0 saturated heterocycles. The summed E-state index contributed by atoms with van der Waals surface area (Å²) in [6.45, 7) is 0. The molecule has 2 aromatic carbocycles. The Morgan fingerprint density at radius 3 is 2.71 bits per heavy atom. The van der Waals surface area contributed by atoms with Crippen LogP contribution in [-0.4, -0.2) is 16.2 Å². The topological polar surface area (TPSA) is 50.2 Å². The average Bonchev–Trinajstić information content (AvgIpc) is 2.91. The first-order valence-corrected chi connectivity index (χ1v) is 8.30. The van der Waals surface area contributed by atoms with Crippen LogP contribution in [-0.2, 0) is 11.8 Å². The Morgan fingerprint density at radius 2 is 2.04 bits per heavy atom. The van der Waals surface area contributed by atoms with E-state index in [4.69, 9.17) is 11.6 Å². The summed E-state index contributed by atoms with van der Waals surface area (Å²) in [5.41, 5.74) is 6.44. The van der Waals surface area contributed by atoms with Crippen LogP contribution in [0.1, 0.15) is 0 Å². The van der Waals surface area contributed by atoms with E-state index < -0.39 is 0 Å². The van der Waals surface area contributed by atoms with Gasteiger partial charge < -0.3 is 0 Å². The predicted molar refractivity (Wildman–Crippen MR) is 100.0 cm³/mol. The quantitative estimate of drug-likeness (QED) is 0.502. The Kier molecular flexibility index (Phi) is 4.87. The fraction of sp³-hybridized carbons (Fsp3) is 0.0588. The minimum Gasteiger partial charge on any atom is -0.292 e. The highest BCUT2D eigenvalue weighted by Crippen LogP contribution is 2.29. The molecular weight excluding hydrogens is 392 g/mol. The molecule has 122 valence electrons. The predicted octanol–water partition coefficient (Wildman–Crippen LogP) is 4.49. The van der Waals surface area contributed by atoms with Crippen LogP contribution in [0.15, 0.2) is 59.2 Å². The summed E-state index contributed by atoms with van der Waals surface area (Å²) in [5.74, 6) is 0. The summed E-state index contributed by atoms with van der Waals surface area (Å²) in [7, 11) is 1.88. The van der Waals surface area contributed by atoms with Crippen molar-refractivity contribution in [1.82, 2.24) is 9.78 Å². The van der Waals surface area contributed by atoms with Crippen molar-refractivity contribution in [2.45, 2.75) is 0 Å². The molecule has 0 atom stereocenters. The van der Waals surface area contributed by atoms with Gasteiger partial charge in [-0.1, -0.05) is 29.8 Å². The van der Waals surface area contributed by atoms with Gasteiger partial charge >= 0.3 is 0 Å². The Morgan fingerprint density at radius 1 is 1.25 bits per heavy atom. The zero-order valence-corrected chi connectivity index (χ0v) is 15.1. The number of hydrogen-bond acceptors (Lipinski definition) is 3. The standard InChI is InChI=1S/C17H14BrClN4O/c1-22-17(16(18)10-20-22)12-4-2-6-14(8-12)21-23(11-24)15-7-3-5-13(19)9-15/h2-11,21H,1H3. The maximum atomic E-state index is 11.4. The highest BCUT2D eigenvalue weighted by atomic mass is 79.9. The van der Waals surface area contributed by atoms with Gasteiger partial charge in [0.1, 0.15) is 0 Å². The van der Waals surface area contributed by atoms with Gasteiger partial charge in [0.15, 0.2) is 0 Å². The summed E-state index contributed by atoms with van der Waals surface area (Å²) in [4.78, 5) is 11.4. The Hall–Kier alpha value is -2.31. The van der Waals surface area contributed by atoms with Crippen molar-refractivity contribution in [3.05, 3.63) is 64.2 Å². The third kappa shape index (κ3) is 3.44. The Balaban J connectivity index is 1.90. The number of hydrogen-bond donors (Lipinski definition) is 1. The molecule has 0 aliphatic rings. The third-order valence-corrected chi connectivity index (χ3v) is 4.29. The molecule has 0 saturated carbocycles. The van der Waals surface area contributed by atoms with Gasteiger partial charge in [-0.25, -0.2) is 5.01 Å². The fourth-order valence-corrected chi connectivity index (χ4v) is 3.15. The number of aromatic nitrogens is 2. The van der Waals surface area contributed by atoms with E-state index in [-0.39, 0.29) is 0 Å². The number of hydrazine groups is 1. The molecule has 0 spiro atoms. The van der Waals surface area contributed by atoms with Gasteiger partial charge in [0, 0.05) is 17.6 Å². The SMILES string of the molecule is Cn1ncc(Br)c1-c1cccc(NN(C=O)c2cccc(Cl)c2)c1. The van der Waals surface area contributed by atoms with Crippen LogP contribution < -0.4 is 10.4 Å². The smallest absolute Gasteiger partial charge is 0.232 e. The first-order chi connectivity index (χ1) is 11.6. The van der Waals surface area contributed by atoms with E-state index in [0.717, 1.165) is 21.4 Å². The highest BCUT2D eigenvalue weighted by Gasteiger charge is 2.11. The van der Waals surface area contributed by atoms with Crippen molar-refractivity contribution in [1.29, 1.82) is 0 Å². The van der Waals surface area contributed by atoms with Crippen LogP contribution in [0.5, 0.6) is 0 Å². The second-order valence-corrected chi connectivity index (χ2v) is 6.40. The molecule has 3 aromatic rings. The lowest BCUT2D eigenvalue weighted by molar-refractivity contribution is -0.107. The maximum Gasteiger partial charge on any atom is 0.232 e. The van der Waals surface area contributed by atoms with Crippen molar-refractivity contribution in [2.24, 2.45) is 7.05 Å². The maximum absolute atomic E-state index is 11.4. The van der Waals surface area contributed by atoms with Gasteiger partial charge in [0.05, 0.1) is 27.7 Å². The summed E-state index contributed by atoms with van der Waals surface area (Å²) in [6.07, 6.45) is 2.46. The molecule has 1 N–H and O–H groups in total. The van der Waals surface area contributed by atoms with Crippen molar-refractivity contribution < 1.29 is 4.79 Å². The molecule has 5 nitrogen and oxygen atoms in total. The monoisotopic (exact) mass is 404 g/mol. The number of rotatable bonds is 5. The van der Waals surface area contributed by atoms with E-state index in [1.807, 2.05) is 31.3 Å². The molecule has 1 heterocycles. The molecule has 7 heteroatoms. The molecule has 3 rings (SSSR count). The molecule has 24 heavy (non-hydrogen) atoms. The van der Waals surface area contributed by atoms with E-state index in [9.17, 15) is 4.79 Å². The largest absolute Gasteiger partial charge is 0.292 e. The summed E-state index contributed by atoms with van der Waals surface area (Å²) in [5, 5.41) is 6.17. The van der Waals surface area contributed by atoms with E-state index in [0.29, 0.717) is 17.1 Å². The van der Waals surface area contributed by atoms with Crippen molar-refractivity contribution in [3.8, 4) is 11.3 Å². The number of aryl methyl sites for hydroxylation is 1. The molecule has 0 radical (unpaired) electrons. The number of benzene rings is 2. The van der Waals surface area contributed by atoms with Crippen molar-refractivity contribution >= 4 is 45.3 Å². The summed E-state index contributed by atoms with van der Waals surface area (Å²) < 4.78 is 2.70. The third-order valence-electron chi connectivity index (χ3n) is 3.47. The van der Waals surface area contributed by atoms with Gasteiger partial charge in [-0.2, -0.15) is 5.10 Å². The average molecular weight is 406 g/mol. The second kappa shape index (κ2) is 7.07. The zero-order valence-electron chi connectivity index (χ0n) is 12.8. The van der Waals surface area contributed by atoms with Gasteiger partial charge in [-0.3, -0.25) is 14.9 Å². The number of nitrogens with zero attached hydrogens (tertiary/aromatic N) is 3. The second-order valence-electron chi connectivity index (χ2n) is 5.11. The van der Waals surface area contributed by atoms with Gasteiger partial charge in [0.25, 0.3) is 0 Å². The van der Waals surface area contributed by atoms with E-state index in [2.05, 4.69) is 26.5 Å². The lowest BCUT2D eigenvalue weighted by atomic mass is 10.1. The molecule has 0 fully saturated rings. The first kappa shape index (κ1) is 16.5. The normalized spacial score (nSPS) is 10.5. The van der Waals surface area contributed by atoms with E-state index in [1.54, 1.807) is 35.1 Å². The molecule has 1 amide bonds. The Bertz CT molecular complexity index is 861. The number of nitrogens with one attached hydrogen (secondary N) is 1. The van der Waals surface area contributed by atoms with E-state index >= 15 is 0 Å². The molecule has 0 unspecified atom stereocenters. The first-order valence-electron chi connectivity index (χ1n) is 7.13. The van der Waals surface area contributed by atoms with E-state index in [1.165, 1.54) is 5.01 Å². The fourth-order valence-electron chi connectivity index (χ4n) is 2.39. The van der Waals surface area contributed by atoms with Gasteiger partial charge in [-0.15, -0.1) is 0 Å². The molecule has 0 aliphatic heterocycles. The number of halogens is 2. The summed E-state index contributed by atoms with van der Waals surface area (Å²) in [6, 6.07) is 14.8. The van der Waals surface area contributed by atoms with Crippen LogP contribution in [0.3, 0.4) is 0 Å². The molecule has 1 aromatic heterocycles. The number of anilines is 2. The van der Waals surface area contributed by atoms with Crippen molar-refractivity contribution in [2.75, 3.05) is 10.4 Å². The number of carbonyl (C=O) groups is 1. The molecular formula is C17H14BrClN4O. The zero-order chi connectivity index (χ0) is 17.1. The van der Waals surface area contributed by atoms with Crippen LogP contribution in [0.2, 0.25) is 5.02 Å².